The molecule has 0 atom stereocenters. The second-order valence-electron chi connectivity index (χ2n) is 7.67. The molecule has 0 amide bonds. The molecule has 3 nitrogen and oxygen atoms in total. The van der Waals surface area contributed by atoms with Crippen molar-refractivity contribution >= 4 is 5.97 Å². The highest BCUT2D eigenvalue weighted by Crippen LogP contribution is 2.15. The molecule has 150 valence electrons. The lowest BCUT2D eigenvalue weighted by Crippen LogP contribution is -2.08. The smallest absolute Gasteiger partial charge is 0.310 e. The van der Waals surface area contributed by atoms with Crippen molar-refractivity contribution in [1.82, 2.24) is 0 Å². The van der Waals surface area contributed by atoms with Crippen molar-refractivity contribution in [2.75, 3.05) is 6.61 Å². The molecule has 3 aromatic carbocycles. The van der Waals surface area contributed by atoms with E-state index < -0.39 is 0 Å². The lowest BCUT2D eigenvalue weighted by molar-refractivity contribution is -0.144. The van der Waals surface area contributed by atoms with E-state index in [0.29, 0.717) is 12.5 Å². The lowest BCUT2D eigenvalue weighted by Gasteiger charge is -2.10. The van der Waals surface area contributed by atoms with E-state index in [1.54, 1.807) is 0 Å². The predicted molar refractivity (Wildman–Crippen MR) is 116 cm³/mol. The number of rotatable bonds is 9. The molecule has 0 fully saturated rings. The Labute approximate surface area is 173 Å². The average molecular weight is 389 g/mol. The third-order valence-electron chi connectivity index (χ3n) is 4.50. The molecule has 0 heterocycles. The van der Waals surface area contributed by atoms with Gasteiger partial charge in [-0.15, -0.1) is 0 Å². The zero-order chi connectivity index (χ0) is 20.5. The summed E-state index contributed by atoms with van der Waals surface area (Å²) in [6.07, 6.45) is 1.13. The molecule has 0 saturated carbocycles. The summed E-state index contributed by atoms with van der Waals surface area (Å²) >= 11 is 0. The summed E-state index contributed by atoms with van der Waals surface area (Å²) in [6.45, 7) is 5.20. The van der Waals surface area contributed by atoms with Crippen LogP contribution in [0.1, 0.15) is 36.1 Å². The van der Waals surface area contributed by atoms with Gasteiger partial charge in [-0.3, -0.25) is 4.79 Å². The fraction of sp³-hybridized carbons (Fsp3) is 0.269. The summed E-state index contributed by atoms with van der Waals surface area (Å²) in [4.78, 5) is 12.2. The van der Waals surface area contributed by atoms with Gasteiger partial charge >= 0.3 is 5.97 Å². The summed E-state index contributed by atoms with van der Waals surface area (Å²) in [7, 11) is 0. The van der Waals surface area contributed by atoms with Crippen molar-refractivity contribution in [2.45, 2.75) is 33.3 Å². The Hall–Kier alpha value is -3.07. The molecule has 0 aromatic heterocycles. The van der Waals surface area contributed by atoms with E-state index in [1.165, 1.54) is 11.1 Å². The van der Waals surface area contributed by atoms with Crippen LogP contribution in [-0.4, -0.2) is 12.6 Å². The van der Waals surface area contributed by atoms with Crippen LogP contribution in [0, 0.1) is 5.92 Å². The number of carbonyl (C=O) groups excluding carboxylic acids is 1. The molecular weight excluding hydrogens is 360 g/mol. The maximum Gasteiger partial charge on any atom is 0.310 e. The number of esters is 1. The van der Waals surface area contributed by atoms with E-state index in [0.717, 1.165) is 23.3 Å². The normalized spacial score (nSPS) is 10.7. The SMILES string of the molecule is CC(C)COc1ccc(CC(=O)OCc2cccc(Cc3ccccc3)c2)cc1. The molecular formula is C26H28O3. The van der Waals surface area contributed by atoms with Gasteiger partial charge in [0.1, 0.15) is 12.4 Å². The topological polar surface area (TPSA) is 35.5 Å². The average Bonchev–Trinajstić information content (AvgIpc) is 2.73. The minimum Gasteiger partial charge on any atom is -0.493 e. The third-order valence-corrected chi connectivity index (χ3v) is 4.50. The monoisotopic (exact) mass is 388 g/mol. The van der Waals surface area contributed by atoms with Crippen LogP contribution in [0.15, 0.2) is 78.9 Å². The van der Waals surface area contributed by atoms with Crippen molar-refractivity contribution in [3.05, 3.63) is 101 Å². The minimum atomic E-state index is -0.227. The van der Waals surface area contributed by atoms with Gasteiger partial charge in [0.15, 0.2) is 0 Å². The Bertz CT molecular complexity index is 899. The first-order valence-corrected chi connectivity index (χ1v) is 10.1. The number of hydrogen-bond acceptors (Lipinski definition) is 3. The Morgan fingerprint density at radius 3 is 2.21 bits per heavy atom. The first kappa shape index (κ1) is 20.7. The van der Waals surface area contributed by atoms with Crippen molar-refractivity contribution in [3.63, 3.8) is 0 Å². The third kappa shape index (κ3) is 7.11. The highest BCUT2D eigenvalue weighted by atomic mass is 16.5. The van der Waals surface area contributed by atoms with Gasteiger partial charge in [0.2, 0.25) is 0 Å². The molecule has 0 radical (unpaired) electrons. The van der Waals surface area contributed by atoms with Gasteiger partial charge in [-0.05, 0) is 46.7 Å². The molecule has 0 aliphatic rings. The fourth-order valence-corrected chi connectivity index (χ4v) is 3.01. The summed E-state index contributed by atoms with van der Waals surface area (Å²) in [5.41, 5.74) is 4.40. The van der Waals surface area contributed by atoms with Gasteiger partial charge in [-0.1, -0.05) is 80.6 Å². The van der Waals surface area contributed by atoms with Crippen LogP contribution in [0.2, 0.25) is 0 Å². The maximum atomic E-state index is 12.2. The van der Waals surface area contributed by atoms with Crippen molar-refractivity contribution in [2.24, 2.45) is 5.92 Å². The fourth-order valence-electron chi connectivity index (χ4n) is 3.01. The molecule has 0 aliphatic carbocycles. The van der Waals surface area contributed by atoms with Crippen molar-refractivity contribution in [1.29, 1.82) is 0 Å². The van der Waals surface area contributed by atoms with E-state index in [-0.39, 0.29) is 19.0 Å². The molecule has 29 heavy (non-hydrogen) atoms. The molecule has 3 aromatic rings. The second kappa shape index (κ2) is 10.5. The van der Waals surface area contributed by atoms with E-state index in [4.69, 9.17) is 9.47 Å². The largest absolute Gasteiger partial charge is 0.493 e. The van der Waals surface area contributed by atoms with E-state index in [1.807, 2.05) is 54.6 Å². The lowest BCUT2D eigenvalue weighted by atomic mass is 10.0. The summed E-state index contributed by atoms with van der Waals surface area (Å²) in [6, 6.07) is 26.2. The van der Waals surface area contributed by atoms with Crippen LogP contribution < -0.4 is 4.74 Å². The summed E-state index contributed by atoms with van der Waals surface area (Å²) < 4.78 is 11.1. The minimum absolute atomic E-state index is 0.227. The van der Waals surface area contributed by atoms with Crippen LogP contribution >= 0.6 is 0 Å². The number of carbonyl (C=O) groups is 1. The molecule has 0 aliphatic heterocycles. The van der Waals surface area contributed by atoms with E-state index >= 15 is 0 Å². The van der Waals surface area contributed by atoms with Crippen LogP contribution in [0.4, 0.5) is 0 Å². The molecule has 3 heteroatoms. The van der Waals surface area contributed by atoms with E-state index in [9.17, 15) is 4.79 Å². The molecule has 0 saturated heterocycles. The molecule has 0 unspecified atom stereocenters. The first-order chi connectivity index (χ1) is 14.1. The van der Waals surface area contributed by atoms with Gasteiger partial charge in [0, 0.05) is 0 Å². The van der Waals surface area contributed by atoms with Gasteiger partial charge in [0.05, 0.1) is 13.0 Å². The summed E-state index contributed by atoms with van der Waals surface area (Å²) in [5, 5.41) is 0. The zero-order valence-corrected chi connectivity index (χ0v) is 17.1. The predicted octanol–water partition coefficient (Wildman–Crippen LogP) is 5.60. The Morgan fingerprint density at radius 1 is 0.793 bits per heavy atom. The van der Waals surface area contributed by atoms with Gasteiger partial charge in [0.25, 0.3) is 0 Å². The summed E-state index contributed by atoms with van der Waals surface area (Å²) in [5.74, 6) is 1.08. The quantitative estimate of drug-likeness (QED) is 0.448. The van der Waals surface area contributed by atoms with Crippen LogP contribution in [0.3, 0.4) is 0 Å². The maximum absolute atomic E-state index is 12.2. The van der Waals surface area contributed by atoms with Gasteiger partial charge in [-0.25, -0.2) is 0 Å². The highest BCUT2D eigenvalue weighted by molar-refractivity contribution is 5.72. The number of hydrogen-bond donors (Lipinski definition) is 0. The molecule has 0 N–H and O–H groups in total. The van der Waals surface area contributed by atoms with Crippen molar-refractivity contribution < 1.29 is 14.3 Å². The standard InChI is InChI=1S/C26H28O3/c1-20(2)18-28-25-13-11-22(12-14-25)17-26(27)29-19-24-10-6-9-23(16-24)15-21-7-4-3-5-8-21/h3-14,16,20H,15,17-19H2,1-2H3. The van der Waals surface area contributed by atoms with Crippen molar-refractivity contribution in [3.8, 4) is 5.75 Å². The zero-order valence-electron chi connectivity index (χ0n) is 17.1. The molecule has 3 rings (SSSR count). The van der Waals surface area contributed by atoms with Crippen LogP contribution in [-0.2, 0) is 29.0 Å². The first-order valence-electron chi connectivity index (χ1n) is 10.1. The Balaban J connectivity index is 1.48. The van der Waals surface area contributed by atoms with Gasteiger partial charge < -0.3 is 9.47 Å². The second-order valence-corrected chi connectivity index (χ2v) is 7.67. The Kier molecular flexibility index (Phi) is 7.46. The van der Waals surface area contributed by atoms with Crippen LogP contribution in [0.25, 0.3) is 0 Å². The Morgan fingerprint density at radius 2 is 1.48 bits per heavy atom. The molecule has 0 bridgehead atoms. The molecule has 0 spiro atoms. The highest BCUT2D eigenvalue weighted by Gasteiger charge is 2.07. The van der Waals surface area contributed by atoms with E-state index in [2.05, 4.69) is 38.1 Å². The van der Waals surface area contributed by atoms with Gasteiger partial charge in [-0.2, -0.15) is 0 Å². The number of benzene rings is 3. The number of ether oxygens (including phenoxy) is 2. The van der Waals surface area contributed by atoms with Crippen LogP contribution in [0.5, 0.6) is 5.75 Å².